The fourth-order valence-corrected chi connectivity index (χ4v) is 2.33. The molecule has 1 saturated heterocycles. The van der Waals surface area contributed by atoms with E-state index in [9.17, 15) is 4.79 Å². The minimum absolute atomic E-state index is 0. The zero-order valence-electron chi connectivity index (χ0n) is 12.2. The Kier molecular flexibility index (Phi) is 6.46. The van der Waals surface area contributed by atoms with Crippen LogP contribution in [0, 0.1) is 13.8 Å². The number of hydrogen-bond donors (Lipinski definition) is 2. The SMILES string of the molecule is Cc1ccc(NC(=O)CN2CCC(N)CC2)cc1C.Cl. The van der Waals surface area contributed by atoms with E-state index in [1.807, 2.05) is 18.2 Å². The Morgan fingerprint density at radius 1 is 1.30 bits per heavy atom. The summed E-state index contributed by atoms with van der Waals surface area (Å²) in [4.78, 5) is 14.1. The zero-order chi connectivity index (χ0) is 13.8. The number of aryl methyl sites for hydroxylation is 2. The number of nitrogens with zero attached hydrogens (tertiary/aromatic N) is 1. The number of nitrogens with one attached hydrogen (secondary N) is 1. The summed E-state index contributed by atoms with van der Waals surface area (Å²) >= 11 is 0. The van der Waals surface area contributed by atoms with Gasteiger partial charge in [-0.1, -0.05) is 6.07 Å². The standard InChI is InChI=1S/C15H23N3O.ClH/c1-11-3-4-14(9-12(11)2)17-15(19)10-18-7-5-13(16)6-8-18;/h3-4,9,13H,5-8,10,16H2,1-2H3,(H,17,19);1H. The molecule has 2 rings (SSSR count). The number of hydrogen-bond acceptors (Lipinski definition) is 3. The second kappa shape index (κ2) is 7.62. The van der Waals surface area contributed by atoms with Crippen LogP contribution < -0.4 is 11.1 Å². The molecule has 0 bridgehead atoms. The molecule has 1 aliphatic rings. The number of piperidine rings is 1. The first-order valence-corrected chi connectivity index (χ1v) is 6.89. The van der Waals surface area contributed by atoms with E-state index in [2.05, 4.69) is 24.1 Å². The van der Waals surface area contributed by atoms with Crippen LogP contribution in [0.2, 0.25) is 0 Å². The van der Waals surface area contributed by atoms with E-state index in [4.69, 9.17) is 5.73 Å². The molecular weight excluding hydrogens is 274 g/mol. The number of anilines is 1. The van der Waals surface area contributed by atoms with Crippen LogP contribution in [0.25, 0.3) is 0 Å². The van der Waals surface area contributed by atoms with E-state index in [-0.39, 0.29) is 18.3 Å². The van der Waals surface area contributed by atoms with Crippen LogP contribution in [-0.4, -0.2) is 36.5 Å². The van der Waals surface area contributed by atoms with Gasteiger partial charge in [0.25, 0.3) is 0 Å². The largest absolute Gasteiger partial charge is 0.328 e. The highest BCUT2D eigenvalue weighted by Crippen LogP contribution is 2.14. The first kappa shape index (κ1) is 17.0. The molecule has 0 aromatic heterocycles. The second-order valence-corrected chi connectivity index (χ2v) is 5.46. The van der Waals surface area contributed by atoms with Gasteiger partial charge in [0, 0.05) is 24.8 Å². The normalized spacial score (nSPS) is 16.6. The first-order valence-electron chi connectivity index (χ1n) is 6.89. The molecule has 1 aromatic carbocycles. The number of amides is 1. The third-order valence-electron chi connectivity index (χ3n) is 3.79. The molecule has 112 valence electrons. The quantitative estimate of drug-likeness (QED) is 0.898. The molecule has 0 unspecified atom stereocenters. The highest BCUT2D eigenvalue weighted by molar-refractivity contribution is 5.92. The van der Waals surface area contributed by atoms with Crippen molar-refractivity contribution in [2.75, 3.05) is 25.0 Å². The maximum Gasteiger partial charge on any atom is 0.238 e. The van der Waals surface area contributed by atoms with Crippen LogP contribution in [0.4, 0.5) is 5.69 Å². The predicted octanol–water partition coefficient (Wildman–Crippen LogP) is 2.09. The minimum atomic E-state index is 0. The summed E-state index contributed by atoms with van der Waals surface area (Å²) in [5.74, 6) is 0.0544. The lowest BCUT2D eigenvalue weighted by Gasteiger charge is -2.29. The first-order chi connectivity index (χ1) is 9.04. The van der Waals surface area contributed by atoms with Gasteiger partial charge < -0.3 is 11.1 Å². The lowest BCUT2D eigenvalue weighted by atomic mass is 10.1. The second-order valence-electron chi connectivity index (χ2n) is 5.46. The van der Waals surface area contributed by atoms with Gasteiger partial charge in [0.1, 0.15) is 0 Å². The highest BCUT2D eigenvalue weighted by atomic mass is 35.5. The number of carbonyl (C=O) groups is 1. The molecule has 5 heteroatoms. The van der Waals surface area contributed by atoms with Crippen LogP contribution in [0.3, 0.4) is 0 Å². The number of rotatable bonds is 3. The van der Waals surface area contributed by atoms with E-state index >= 15 is 0 Å². The number of likely N-dealkylation sites (tertiary alicyclic amines) is 1. The zero-order valence-corrected chi connectivity index (χ0v) is 13.0. The molecule has 0 aliphatic carbocycles. The van der Waals surface area contributed by atoms with Gasteiger partial charge in [-0.25, -0.2) is 0 Å². The topological polar surface area (TPSA) is 58.4 Å². The molecule has 1 aliphatic heterocycles. The molecule has 1 amide bonds. The van der Waals surface area contributed by atoms with Gasteiger partial charge in [-0.2, -0.15) is 0 Å². The maximum absolute atomic E-state index is 12.0. The monoisotopic (exact) mass is 297 g/mol. The molecule has 0 saturated carbocycles. The number of halogens is 1. The van der Waals surface area contributed by atoms with E-state index < -0.39 is 0 Å². The fourth-order valence-electron chi connectivity index (χ4n) is 2.33. The Morgan fingerprint density at radius 2 is 1.95 bits per heavy atom. The van der Waals surface area contributed by atoms with Gasteiger partial charge in [0.05, 0.1) is 6.54 Å². The molecule has 0 atom stereocenters. The third-order valence-corrected chi connectivity index (χ3v) is 3.79. The van der Waals surface area contributed by atoms with Crippen molar-refractivity contribution in [2.24, 2.45) is 5.73 Å². The lowest BCUT2D eigenvalue weighted by molar-refractivity contribution is -0.117. The summed E-state index contributed by atoms with van der Waals surface area (Å²) < 4.78 is 0. The molecule has 1 heterocycles. The predicted molar refractivity (Wildman–Crippen MR) is 85.4 cm³/mol. The van der Waals surface area contributed by atoms with Crippen LogP contribution in [-0.2, 0) is 4.79 Å². The van der Waals surface area contributed by atoms with E-state index in [0.717, 1.165) is 31.6 Å². The van der Waals surface area contributed by atoms with Gasteiger partial charge in [-0.05, 0) is 49.9 Å². The number of benzene rings is 1. The van der Waals surface area contributed by atoms with Crippen molar-refractivity contribution in [3.05, 3.63) is 29.3 Å². The van der Waals surface area contributed by atoms with E-state index in [1.54, 1.807) is 0 Å². The molecule has 3 N–H and O–H groups in total. The Morgan fingerprint density at radius 3 is 2.55 bits per heavy atom. The summed E-state index contributed by atoms with van der Waals surface area (Å²) in [6, 6.07) is 6.30. The highest BCUT2D eigenvalue weighted by Gasteiger charge is 2.18. The summed E-state index contributed by atoms with van der Waals surface area (Å²) in [5.41, 5.74) is 9.17. The van der Waals surface area contributed by atoms with E-state index in [0.29, 0.717) is 12.6 Å². The summed E-state index contributed by atoms with van der Waals surface area (Å²) in [6.07, 6.45) is 1.97. The van der Waals surface area contributed by atoms with Gasteiger partial charge in [-0.15, -0.1) is 12.4 Å². The van der Waals surface area contributed by atoms with Gasteiger partial charge >= 0.3 is 0 Å². The molecule has 0 radical (unpaired) electrons. The number of carbonyl (C=O) groups excluding carboxylic acids is 1. The van der Waals surface area contributed by atoms with Gasteiger partial charge in [0.2, 0.25) is 5.91 Å². The maximum atomic E-state index is 12.0. The van der Waals surface area contributed by atoms with Crippen molar-refractivity contribution >= 4 is 24.0 Å². The molecule has 0 spiro atoms. The molecule has 4 nitrogen and oxygen atoms in total. The van der Waals surface area contributed by atoms with Gasteiger partial charge in [-0.3, -0.25) is 9.69 Å². The van der Waals surface area contributed by atoms with Gasteiger partial charge in [0.15, 0.2) is 0 Å². The molecule has 1 fully saturated rings. The summed E-state index contributed by atoms with van der Waals surface area (Å²) in [5, 5.41) is 2.96. The third kappa shape index (κ3) is 4.78. The lowest BCUT2D eigenvalue weighted by Crippen LogP contribution is -2.43. The van der Waals surface area contributed by atoms with Crippen LogP contribution >= 0.6 is 12.4 Å². The Hall–Kier alpha value is -1.10. The van der Waals surface area contributed by atoms with Crippen LogP contribution in [0.1, 0.15) is 24.0 Å². The average Bonchev–Trinajstić information content (AvgIpc) is 2.37. The van der Waals surface area contributed by atoms with Crippen molar-refractivity contribution in [3.8, 4) is 0 Å². The minimum Gasteiger partial charge on any atom is -0.328 e. The van der Waals surface area contributed by atoms with E-state index in [1.165, 1.54) is 11.1 Å². The summed E-state index contributed by atoms with van der Waals surface area (Å²) in [6.45, 7) is 6.41. The van der Waals surface area contributed by atoms with Crippen molar-refractivity contribution < 1.29 is 4.79 Å². The average molecular weight is 298 g/mol. The van der Waals surface area contributed by atoms with Crippen LogP contribution in [0.5, 0.6) is 0 Å². The number of nitrogens with two attached hydrogens (primary N) is 1. The van der Waals surface area contributed by atoms with Crippen molar-refractivity contribution in [1.29, 1.82) is 0 Å². The Labute approximate surface area is 127 Å². The Bertz CT molecular complexity index is 456. The molecule has 20 heavy (non-hydrogen) atoms. The fraction of sp³-hybridized carbons (Fsp3) is 0.533. The molecule has 1 aromatic rings. The van der Waals surface area contributed by atoms with Crippen LogP contribution in [0.15, 0.2) is 18.2 Å². The molecular formula is C15H24ClN3O. The van der Waals surface area contributed by atoms with Crippen molar-refractivity contribution in [2.45, 2.75) is 32.7 Å². The Balaban J connectivity index is 0.00000200. The van der Waals surface area contributed by atoms with Crippen molar-refractivity contribution in [3.63, 3.8) is 0 Å². The summed E-state index contributed by atoms with van der Waals surface area (Å²) in [7, 11) is 0. The van der Waals surface area contributed by atoms with Crippen molar-refractivity contribution in [1.82, 2.24) is 4.90 Å². The smallest absolute Gasteiger partial charge is 0.238 e.